The topological polar surface area (TPSA) is 159 Å². The number of thioether (sulfide) groups is 1. The highest BCUT2D eigenvalue weighted by Gasteiger charge is 2.18. The molecule has 3 rings (SSSR count). The number of hydrogen-bond donors (Lipinski definition) is 3. The number of esters is 1. The van der Waals surface area contributed by atoms with Gasteiger partial charge in [0.15, 0.2) is 18.1 Å². The van der Waals surface area contributed by atoms with Crippen LogP contribution in [0.2, 0.25) is 0 Å². The molecule has 30 heavy (non-hydrogen) atoms. The van der Waals surface area contributed by atoms with Crippen LogP contribution in [0.5, 0.6) is 11.5 Å². The third-order valence-corrected chi connectivity index (χ3v) is 4.59. The summed E-state index contributed by atoms with van der Waals surface area (Å²) < 4.78 is 15.3. The number of carbonyl (C=O) groups excluding carboxylic acids is 4. The van der Waals surface area contributed by atoms with Crippen molar-refractivity contribution >= 4 is 41.3 Å². The number of primary amides is 1. The number of carbonyl (C=O) groups is 4. The van der Waals surface area contributed by atoms with E-state index in [0.717, 1.165) is 11.8 Å². The molecule has 0 atom stereocenters. The fourth-order valence-electron chi connectivity index (χ4n) is 2.35. The van der Waals surface area contributed by atoms with Gasteiger partial charge in [-0.25, -0.2) is 14.6 Å². The highest BCUT2D eigenvalue weighted by Crippen LogP contribution is 2.34. The van der Waals surface area contributed by atoms with E-state index in [1.54, 1.807) is 23.5 Å². The molecular weight excluding hydrogens is 416 g/mol. The van der Waals surface area contributed by atoms with Crippen molar-refractivity contribution < 1.29 is 33.4 Å². The van der Waals surface area contributed by atoms with Crippen LogP contribution < -0.4 is 25.8 Å². The molecule has 2 heterocycles. The van der Waals surface area contributed by atoms with E-state index < -0.39 is 24.5 Å². The second-order valence-electron chi connectivity index (χ2n) is 5.75. The number of nitrogens with zero attached hydrogens (tertiary/aromatic N) is 1. The summed E-state index contributed by atoms with van der Waals surface area (Å²) in [5.41, 5.74) is 5.42. The van der Waals surface area contributed by atoms with Crippen molar-refractivity contribution in [2.24, 2.45) is 5.73 Å². The molecule has 0 fully saturated rings. The Kier molecular flexibility index (Phi) is 6.70. The van der Waals surface area contributed by atoms with Gasteiger partial charge in [-0.1, -0.05) is 11.8 Å². The number of ether oxygens (including phenoxy) is 3. The Labute approximate surface area is 174 Å². The van der Waals surface area contributed by atoms with Gasteiger partial charge >= 0.3 is 12.0 Å². The standard InChI is InChI=1S/C18H16N4O7S/c19-18(26)22-14(23)7-27-17(25)11-2-1-5-20-16(11)30-8-15(24)21-10-3-4-12-13(6-10)29-9-28-12/h1-6H,7-9H2,(H,21,24)(H3,19,22,23,26). The maximum atomic E-state index is 12.2. The summed E-state index contributed by atoms with van der Waals surface area (Å²) in [5.74, 6) is -0.921. The lowest BCUT2D eigenvalue weighted by molar-refractivity contribution is -0.123. The molecule has 0 saturated heterocycles. The maximum absolute atomic E-state index is 12.2. The van der Waals surface area contributed by atoms with Gasteiger partial charge < -0.3 is 25.3 Å². The fourth-order valence-corrected chi connectivity index (χ4v) is 3.13. The number of anilines is 1. The number of nitrogens with one attached hydrogen (secondary N) is 2. The number of nitrogens with two attached hydrogens (primary N) is 1. The molecule has 1 aliphatic heterocycles. The third-order valence-electron chi connectivity index (χ3n) is 3.58. The Balaban J connectivity index is 1.55. The Hall–Kier alpha value is -3.80. The molecule has 0 radical (unpaired) electrons. The molecule has 1 aromatic heterocycles. The summed E-state index contributed by atoms with van der Waals surface area (Å²) in [5, 5.41) is 4.74. The summed E-state index contributed by atoms with van der Waals surface area (Å²) in [6.45, 7) is -0.559. The molecule has 1 aromatic carbocycles. The predicted octanol–water partition coefficient (Wildman–Crippen LogP) is 0.893. The average molecular weight is 432 g/mol. The Morgan fingerprint density at radius 3 is 2.73 bits per heavy atom. The number of urea groups is 1. The summed E-state index contributed by atoms with van der Waals surface area (Å²) in [7, 11) is 0. The number of aromatic nitrogens is 1. The predicted molar refractivity (Wildman–Crippen MR) is 104 cm³/mol. The van der Waals surface area contributed by atoms with Crippen LogP contribution in [-0.2, 0) is 14.3 Å². The van der Waals surface area contributed by atoms with Crippen LogP contribution in [0.1, 0.15) is 10.4 Å². The van der Waals surface area contributed by atoms with Gasteiger partial charge in [0.1, 0.15) is 5.03 Å². The molecule has 4 N–H and O–H groups in total. The number of hydrogen-bond acceptors (Lipinski definition) is 9. The summed E-state index contributed by atoms with van der Waals surface area (Å²) in [4.78, 5) is 50.5. The molecule has 12 heteroatoms. The molecule has 0 bridgehead atoms. The van der Waals surface area contributed by atoms with E-state index >= 15 is 0 Å². The van der Waals surface area contributed by atoms with Crippen molar-refractivity contribution in [3.05, 3.63) is 42.1 Å². The lowest BCUT2D eigenvalue weighted by atomic mass is 10.3. The number of benzene rings is 1. The zero-order chi connectivity index (χ0) is 21.5. The first kappa shape index (κ1) is 20.9. The first-order valence-electron chi connectivity index (χ1n) is 8.46. The number of amides is 4. The SMILES string of the molecule is NC(=O)NC(=O)COC(=O)c1cccnc1SCC(=O)Nc1ccc2c(c1)OCO2. The molecule has 11 nitrogen and oxygen atoms in total. The second kappa shape index (κ2) is 9.60. The van der Waals surface area contributed by atoms with E-state index in [0.29, 0.717) is 17.2 Å². The largest absolute Gasteiger partial charge is 0.454 e. The number of fused-ring (bicyclic) bond motifs is 1. The average Bonchev–Trinajstić information content (AvgIpc) is 3.18. The molecule has 2 aromatic rings. The minimum atomic E-state index is -1.05. The number of pyridine rings is 1. The van der Waals surface area contributed by atoms with Gasteiger partial charge in [0.25, 0.3) is 5.91 Å². The molecule has 4 amide bonds. The lowest BCUT2D eigenvalue weighted by Gasteiger charge is -2.09. The Bertz CT molecular complexity index is 998. The second-order valence-corrected chi connectivity index (χ2v) is 6.71. The van der Waals surface area contributed by atoms with Crippen LogP contribution in [0.4, 0.5) is 10.5 Å². The summed E-state index contributed by atoms with van der Waals surface area (Å²) >= 11 is 1.02. The van der Waals surface area contributed by atoms with Gasteiger partial charge in [0.2, 0.25) is 12.7 Å². The maximum Gasteiger partial charge on any atom is 0.341 e. The molecule has 0 aliphatic carbocycles. The minimum absolute atomic E-state index is 0.0338. The highest BCUT2D eigenvalue weighted by molar-refractivity contribution is 8.00. The van der Waals surface area contributed by atoms with Crippen LogP contribution in [0.15, 0.2) is 41.6 Å². The van der Waals surface area contributed by atoms with Crippen molar-refractivity contribution in [2.75, 3.05) is 24.5 Å². The van der Waals surface area contributed by atoms with E-state index in [1.165, 1.54) is 18.3 Å². The van der Waals surface area contributed by atoms with Gasteiger partial charge in [-0.3, -0.25) is 14.9 Å². The lowest BCUT2D eigenvalue weighted by Crippen LogP contribution is -2.37. The molecule has 0 spiro atoms. The van der Waals surface area contributed by atoms with E-state index in [1.807, 2.05) is 0 Å². The molecule has 156 valence electrons. The zero-order valence-electron chi connectivity index (χ0n) is 15.4. The molecule has 0 saturated carbocycles. The first-order valence-corrected chi connectivity index (χ1v) is 9.44. The molecular formula is C18H16N4O7S. The Morgan fingerprint density at radius 2 is 1.93 bits per heavy atom. The van der Waals surface area contributed by atoms with Gasteiger partial charge in [0, 0.05) is 18.0 Å². The summed E-state index contributed by atoms with van der Waals surface area (Å²) in [6.07, 6.45) is 1.45. The van der Waals surface area contributed by atoms with Gasteiger partial charge in [0.05, 0.1) is 11.3 Å². The first-order chi connectivity index (χ1) is 14.4. The van der Waals surface area contributed by atoms with E-state index in [4.69, 9.17) is 19.9 Å². The minimum Gasteiger partial charge on any atom is -0.454 e. The molecule has 0 unspecified atom stereocenters. The van der Waals surface area contributed by atoms with Crippen molar-refractivity contribution in [1.82, 2.24) is 10.3 Å². The van der Waals surface area contributed by atoms with E-state index in [-0.39, 0.29) is 29.0 Å². The quantitative estimate of drug-likeness (QED) is 0.426. The monoisotopic (exact) mass is 432 g/mol. The van der Waals surface area contributed by atoms with Crippen LogP contribution in [0.25, 0.3) is 0 Å². The van der Waals surface area contributed by atoms with Crippen LogP contribution >= 0.6 is 11.8 Å². The number of rotatable bonds is 7. The number of imide groups is 1. The van der Waals surface area contributed by atoms with Gasteiger partial charge in [-0.05, 0) is 24.3 Å². The van der Waals surface area contributed by atoms with Gasteiger partial charge in [-0.15, -0.1) is 0 Å². The summed E-state index contributed by atoms with van der Waals surface area (Å²) in [6, 6.07) is 6.91. The van der Waals surface area contributed by atoms with Crippen LogP contribution in [0, 0.1) is 0 Å². The van der Waals surface area contributed by atoms with Gasteiger partial charge in [-0.2, -0.15) is 0 Å². The zero-order valence-corrected chi connectivity index (χ0v) is 16.2. The van der Waals surface area contributed by atoms with Crippen LogP contribution in [-0.4, -0.2) is 48.0 Å². The van der Waals surface area contributed by atoms with Crippen molar-refractivity contribution in [3.8, 4) is 11.5 Å². The normalized spacial score (nSPS) is 11.5. The fraction of sp³-hybridized carbons (Fsp3) is 0.167. The van der Waals surface area contributed by atoms with Crippen molar-refractivity contribution in [3.63, 3.8) is 0 Å². The van der Waals surface area contributed by atoms with Crippen LogP contribution in [0.3, 0.4) is 0 Å². The smallest absolute Gasteiger partial charge is 0.341 e. The van der Waals surface area contributed by atoms with Crippen molar-refractivity contribution in [1.29, 1.82) is 0 Å². The third kappa shape index (κ3) is 5.61. The highest BCUT2D eigenvalue weighted by atomic mass is 32.2. The van der Waals surface area contributed by atoms with E-state index in [2.05, 4.69) is 10.3 Å². The molecule has 1 aliphatic rings. The van der Waals surface area contributed by atoms with Crippen molar-refractivity contribution in [2.45, 2.75) is 5.03 Å². The Morgan fingerprint density at radius 1 is 1.13 bits per heavy atom. The van der Waals surface area contributed by atoms with E-state index in [9.17, 15) is 19.2 Å².